The SMILES string of the molecule is CP1(=O)Oc2c(-c3c4ccccc4cc4ccccc34)cc3ccccc3c2-c2c(c(-c3c4ccccc4cc4ccccc34)cc3ccccc23)O1. The van der Waals surface area contributed by atoms with Crippen LogP contribution in [0, 0.1) is 0 Å². The van der Waals surface area contributed by atoms with Gasteiger partial charge in [-0.2, -0.15) is 0 Å². The first-order valence-corrected chi connectivity index (χ1v) is 19.9. The second kappa shape index (κ2) is 11.3. The van der Waals surface area contributed by atoms with E-state index in [-0.39, 0.29) is 0 Å². The zero-order valence-corrected chi connectivity index (χ0v) is 29.7. The molecule has 0 saturated heterocycles. The molecule has 0 aliphatic carbocycles. The number of hydrogen-bond acceptors (Lipinski definition) is 3. The van der Waals surface area contributed by atoms with E-state index in [0.29, 0.717) is 11.5 Å². The highest BCUT2D eigenvalue weighted by molar-refractivity contribution is 7.53. The zero-order valence-electron chi connectivity index (χ0n) is 28.8. The molecule has 0 unspecified atom stereocenters. The Bertz CT molecular complexity index is 2910. The highest BCUT2D eigenvalue weighted by Crippen LogP contribution is 2.63. The first-order valence-electron chi connectivity index (χ1n) is 17.9. The summed E-state index contributed by atoms with van der Waals surface area (Å²) in [5, 5.41) is 13.1. The van der Waals surface area contributed by atoms with Crippen molar-refractivity contribution in [1.82, 2.24) is 0 Å². The fraction of sp³-hybridized carbons (Fsp3) is 0.0204. The average molecular weight is 699 g/mol. The molecule has 0 atom stereocenters. The molecule has 53 heavy (non-hydrogen) atoms. The summed E-state index contributed by atoms with van der Waals surface area (Å²) in [6, 6.07) is 59.7. The van der Waals surface area contributed by atoms with E-state index in [9.17, 15) is 0 Å². The predicted molar refractivity (Wildman–Crippen MR) is 223 cm³/mol. The van der Waals surface area contributed by atoms with Gasteiger partial charge in [-0.15, -0.1) is 0 Å². The molecule has 0 fully saturated rings. The summed E-state index contributed by atoms with van der Waals surface area (Å²) in [6.07, 6.45) is 0. The van der Waals surface area contributed by atoms with Gasteiger partial charge in [0.15, 0.2) is 0 Å². The first-order chi connectivity index (χ1) is 26.0. The van der Waals surface area contributed by atoms with Crippen LogP contribution in [0.2, 0.25) is 0 Å². The van der Waals surface area contributed by atoms with Crippen LogP contribution in [0.25, 0.3) is 98.0 Å². The molecule has 1 aliphatic rings. The van der Waals surface area contributed by atoms with Crippen molar-refractivity contribution in [3.63, 3.8) is 0 Å². The van der Waals surface area contributed by atoms with Gasteiger partial charge in [0.1, 0.15) is 11.5 Å². The van der Waals surface area contributed by atoms with Crippen LogP contribution in [0.1, 0.15) is 0 Å². The van der Waals surface area contributed by atoms with E-state index in [4.69, 9.17) is 9.05 Å². The monoisotopic (exact) mass is 698 g/mol. The van der Waals surface area contributed by atoms with E-state index >= 15 is 4.57 Å². The van der Waals surface area contributed by atoms with Crippen molar-refractivity contribution < 1.29 is 13.6 Å². The summed E-state index contributed by atoms with van der Waals surface area (Å²) in [5.74, 6) is 1.14. The maximum atomic E-state index is 15.0. The Morgan fingerprint density at radius 3 is 0.887 bits per heavy atom. The molecule has 3 nitrogen and oxygen atoms in total. The molecule has 10 aromatic carbocycles. The first kappa shape index (κ1) is 30.2. The normalized spacial score (nSPS) is 13.5. The quantitative estimate of drug-likeness (QED) is 0.133. The number of hydrogen-bond donors (Lipinski definition) is 0. The molecule has 0 saturated carbocycles. The van der Waals surface area contributed by atoms with Gasteiger partial charge in [-0.1, -0.05) is 146 Å². The van der Waals surface area contributed by atoms with Gasteiger partial charge in [-0.3, -0.25) is 0 Å². The Morgan fingerprint density at radius 1 is 0.340 bits per heavy atom. The van der Waals surface area contributed by atoms with Gasteiger partial charge in [0.05, 0.1) is 6.66 Å². The molecule has 1 aliphatic heterocycles. The van der Waals surface area contributed by atoms with Gasteiger partial charge in [-0.05, 0) is 88.9 Å². The Hall–Kier alpha value is -6.41. The molecule has 0 aromatic heterocycles. The van der Waals surface area contributed by atoms with Gasteiger partial charge in [-0.25, -0.2) is 4.57 Å². The van der Waals surface area contributed by atoms with Gasteiger partial charge >= 0.3 is 7.60 Å². The minimum absolute atomic E-state index is 0.569. The molecular weight excluding hydrogens is 668 g/mol. The number of fused-ring (bicyclic) bond motifs is 11. The van der Waals surface area contributed by atoms with Crippen molar-refractivity contribution in [3.05, 3.63) is 170 Å². The van der Waals surface area contributed by atoms with Gasteiger partial charge < -0.3 is 9.05 Å². The lowest BCUT2D eigenvalue weighted by Gasteiger charge is -2.21. The van der Waals surface area contributed by atoms with E-state index in [1.54, 1.807) is 6.66 Å². The molecule has 11 rings (SSSR count). The summed E-state index contributed by atoms with van der Waals surface area (Å²) in [6.45, 7) is 1.60. The van der Waals surface area contributed by atoms with Crippen molar-refractivity contribution in [1.29, 1.82) is 0 Å². The van der Waals surface area contributed by atoms with Crippen LogP contribution in [0.5, 0.6) is 11.5 Å². The minimum atomic E-state index is -3.79. The lowest BCUT2D eigenvalue weighted by Crippen LogP contribution is -2.00. The van der Waals surface area contributed by atoms with Gasteiger partial charge in [0.25, 0.3) is 0 Å². The Morgan fingerprint density at radius 2 is 0.585 bits per heavy atom. The van der Waals surface area contributed by atoms with Crippen LogP contribution in [-0.4, -0.2) is 6.66 Å². The molecular formula is C49H31O3P. The van der Waals surface area contributed by atoms with Crippen LogP contribution < -0.4 is 9.05 Å². The van der Waals surface area contributed by atoms with Gasteiger partial charge in [0.2, 0.25) is 0 Å². The largest absolute Gasteiger partial charge is 0.427 e. The second-order valence-electron chi connectivity index (χ2n) is 14.0. The fourth-order valence-corrected chi connectivity index (χ4v) is 9.75. The topological polar surface area (TPSA) is 35.5 Å². The average Bonchev–Trinajstić information content (AvgIpc) is 3.32. The van der Waals surface area contributed by atoms with Crippen molar-refractivity contribution in [2.45, 2.75) is 0 Å². The lowest BCUT2D eigenvalue weighted by atomic mass is 9.83. The van der Waals surface area contributed by atoms with E-state index < -0.39 is 7.60 Å². The molecule has 0 spiro atoms. The number of rotatable bonds is 2. The predicted octanol–water partition coefficient (Wildman–Crippen LogP) is 14.2. The molecule has 4 heteroatoms. The van der Waals surface area contributed by atoms with E-state index in [1.165, 1.54) is 0 Å². The summed E-state index contributed by atoms with van der Waals surface area (Å²) >= 11 is 0. The highest BCUT2D eigenvalue weighted by Gasteiger charge is 2.36. The summed E-state index contributed by atoms with van der Waals surface area (Å²) in [7, 11) is -3.79. The standard InChI is InChI=1S/C49H31O3P/c1-53(50)51-48-42(44-36-20-8-2-14-30(36)26-31-15-3-9-21-37(31)44)28-34-18-6-12-24-40(34)46(48)47-41-25-13-7-19-35(41)29-43(49(47)52-53)45-38-22-10-4-16-32(38)27-33-17-5-11-23-39(33)45/h2-29H,1H3. The summed E-state index contributed by atoms with van der Waals surface area (Å²) in [4.78, 5) is 0. The lowest BCUT2D eigenvalue weighted by molar-refractivity contribution is 0.400. The van der Waals surface area contributed by atoms with Crippen LogP contribution in [0.4, 0.5) is 0 Å². The molecule has 0 bridgehead atoms. The molecule has 1 heterocycles. The molecule has 10 aromatic rings. The molecule has 0 amide bonds. The fourth-order valence-electron chi connectivity index (χ4n) is 8.67. The smallest absolute Gasteiger partial charge is 0.415 e. The molecule has 0 N–H and O–H groups in total. The van der Waals surface area contributed by atoms with Crippen LogP contribution in [-0.2, 0) is 4.57 Å². The van der Waals surface area contributed by atoms with E-state index in [1.807, 2.05) is 0 Å². The number of benzene rings is 10. The van der Waals surface area contributed by atoms with Crippen molar-refractivity contribution in [2.24, 2.45) is 0 Å². The van der Waals surface area contributed by atoms with Crippen LogP contribution >= 0.6 is 7.60 Å². The van der Waals surface area contributed by atoms with Crippen LogP contribution in [0.15, 0.2) is 170 Å². The zero-order chi connectivity index (χ0) is 35.3. The summed E-state index contributed by atoms with van der Waals surface area (Å²) in [5.41, 5.74) is 5.62. The molecule has 250 valence electrons. The van der Waals surface area contributed by atoms with Crippen molar-refractivity contribution in [2.75, 3.05) is 6.66 Å². The van der Waals surface area contributed by atoms with Crippen LogP contribution in [0.3, 0.4) is 0 Å². The third-order valence-electron chi connectivity index (χ3n) is 10.8. The van der Waals surface area contributed by atoms with Gasteiger partial charge in [0, 0.05) is 33.4 Å². The third-order valence-corrected chi connectivity index (χ3v) is 11.9. The maximum Gasteiger partial charge on any atom is 0.427 e. The van der Waals surface area contributed by atoms with Crippen molar-refractivity contribution >= 4 is 72.2 Å². The minimum Gasteiger partial charge on any atom is -0.415 e. The van der Waals surface area contributed by atoms with E-state index in [0.717, 1.165) is 98.0 Å². The Kier molecular flexibility index (Phi) is 6.44. The maximum absolute atomic E-state index is 15.0. The third kappa shape index (κ3) is 4.58. The van der Waals surface area contributed by atoms with E-state index in [2.05, 4.69) is 170 Å². The van der Waals surface area contributed by atoms with Crippen molar-refractivity contribution in [3.8, 4) is 44.9 Å². The Labute approximate surface area is 306 Å². The Balaban J connectivity index is 1.37. The highest BCUT2D eigenvalue weighted by atomic mass is 31.2. The molecule has 0 radical (unpaired) electrons. The summed E-state index contributed by atoms with van der Waals surface area (Å²) < 4.78 is 28.8. The second-order valence-corrected chi connectivity index (χ2v) is 15.9.